The van der Waals surface area contributed by atoms with Gasteiger partial charge in [0, 0.05) is 32.2 Å². The molecule has 1 aromatic rings. The third-order valence-corrected chi connectivity index (χ3v) is 3.57. The van der Waals surface area contributed by atoms with E-state index in [4.69, 9.17) is 10.5 Å². The highest BCUT2D eigenvalue weighted by Gasteiger charge is 2.20. The van der Waals surface area contributed by atoms with Crippen LogP contribution < -0.4 is 11.1 Å². The molecule has 1 amide bonds. The number of nitrogens with one attached hydrogen (secondary N) is 1. The van der Waals surface area contributed by atoms with Crippen LogP contribution in [0, 0.1) is 0 Å². The zero-order chi connectivity index (χ0) is 14.2. The highest BCUT2D eigenvalue weighted by Crippen LogP contribution is 2.10. The maximum Gasteiger partial charge on any atom is 0.407 e. The number of rotatable bonds is 5. The molecule has 5 heteroatoms. The number of hydrogen-bond donors (Lipinski definition) is 2. The zero-order valence-corrected chi connectivity index (χ0v) is 11.8. The fourth-order valence-corrected chi connectivity index (χ4v) is 2.41. The number of likely N-dealkylation sites (tertiary alicyclic amines) is 1. The summed E-state index contributed by atoms with van der Waals surface area (Å²) in [6.07, 6.45) is 1.59. The largest absolute Gasteiger partial charge is 0.445 e. The fraction of sp³-hybridized carbons (Fsp3) is 0.533. The van der Waals surface area contributed by atoms with Gasteiger partial charge in [-0.3, -0.25) is 0 Å². The first-order valence-electron chi connectivity index (χ1n) is 7.17. The van der Waals surface area contributed by atoms with E-state index in [1.807, 2.05) is 30.3 Å². The van der Waals surface area contributed by atoms with Crippen LogP contribution in [0.3, 0.4) is 0 Å². The number of carbonyl (C=O) groups excluding carboxylic acids is 1. The molecule has 0 atom stereocenters. The van der Waals surface area contributed by atoms with Gasteiger partial charge in [-0.1, -0.05) is 30.3 Å². The maximum absolute atomic E-state index is 11.7. The Balaban J connectivity index is 1.65. The Morgan fingerprint density at radius 2 is 2.00 bits per heavy atom. The molecule has 3 N–H and O–H groups in total. The summed E-state index contributed by atoms with van der Waals surface area (Å²) in [4.78, 5) is 14.1. The third-order valence-electron chi connectivity index (χ3n) is 3.57. The monoisotopic (exact) mass is 277 g/mol. The first-order chi connectivity index (χ1) is 9.78. The number of nitrogens with zero attached hydrogens (tertiary/aromatic N) is 1. The summed E-state index contributed by atoms with van der Waals surface area (Å²) in [5.41, 5.74) is 6.54. The smallest absolute Gasteiger partial charge is 0.407 e. The van der Waals surface area contributed by atoms with Gasteiger partial charge < -0.3 is 20.7 Å². The molecule has 0 unspecified atom stereocenters. The van der Waals surface area contributed by atoms with Crippen LogP contribution >= 0.6 is 0 Å². The van der Waals surface area contributed by atoms with Gasteiger partial charge in [0.2, 0.25) is 0 Å². The lowest BCUT2D eigenvalue weighted by atomic mass is 10.1. The van der Waals surface area contributed by atoms with Crippen LogP contribution in [0.1, 0.15) is 18.4 Å². The summed E-state index contributed by atoms with van der Waals surface area (Å²) < 4.78 is 5.22. The first-order valence-corrected chi connectivity index (χ1v) is 7.17. The van der Waals surface area contributed by atoms with Gasteiger partial charge in [-0.05, 0) is 18.4 Å². The molecule has 0 aliphatic carbocycles. The normalized spacial score (nSPS) is 16.9. The maximum atomic E-state index is 11.7. The van der Waals surface area contributed by atoms with E-state index in [2.05, 4.69) is 10.2 Å². The topological polar surface area (TPSA) is 67.6 Å². The van der Waals surface area contributed by atoms with Gasteiger partial charge in [0.15, 0.2) is 0 Å². The second-order valence-corrected chi connectivity index (χ2v) is 5.11. The number of nitrogens with two attached hydrogens (primary N) is 1. The van der Waals surface area contributed by atoms with Crippen LogP contribution in [0.2, 0.25) is 0 Å². The molecule has 1 aliphatic rings. The Hall–Kier alpha value is -1.59. The molecular weight excluding hydrogens is 254 g/mol. The van der Waals surface area contributed by atoms with E-state index < -0.39 is 0 Å². The Morgan fingerprint density at radius 3 is 2.65 bits per heavy atom. The summed E-state index contributed by atoms with van der Waals surface area (Å²) >= 11 is 0. The molecule has 1 fully saturated rings. The van der Waals surface area contributed by atoms with Gasteiger partial charge in [-0.25, -0.2) is 4.79 Å². The van der Waals surface area contributed by atoms with Crippen LogP contribution in [-0.2, 0) is 11.3 Å². The number of alkyl carbamates (subject to hydrolysis) is 1. The van der Waals surface area contributed by atoms with Crippen molar-refractivity contribution in [3.8, 4) is 0 Å². The minimum Gasteiger partial charge on any atom is -0.445 e. The van der Waals surface area contributed by atoms with Crippen molar-refractivity contribution in [1.29, 1.82) is 0 Å². The Bertz CT molecular complexity index is 403. The number of ether oxygens (including phenoxy) is 1. The molecule has 20 heavy (non-hydrogen) atoms. The molecule has 1 saturated heterocycles. The molecule has 1 aromatic carbocycles. The molecule has 0 saturated carbocycles. The summed E-state index contributed by atoms with van der Waals surface area (Å²) in [5, 5.41) is 2.93. The van der Waals surface area contributed by atoms with Crippen LogP contribution in [0.4, 0.5) is 4.79 Å². The van der Waals surface area contributed by atoms with E-state index in [9.17, 15) is 4.79 Å². The highest BCUT2D eigenvalue weighted by atomic mass is 16.5. The molecular formula is C15H23N3O2. The van der Waals surface area contributed by atoms with Crippen LogP contribution in [0.5, 0.6) is 0 Å². The molecule has 1 heterocycles. The minimum atomic E-state index is -0.328. The average Bonchev–Trinajstić information content (AvgIpc) is 2.49. The first kappa shape index (κ1) is 14.8. The van der Waals surface area contributed by atoms with Crippen LogP contribution in [-0.4, -0.2) is 43.2 Å². The van der Waals surface area contributed by atoms with E-state index in [-0.39, 0.29) is 12.1 Å². The van der Waals surface area contributed by atoms with E-state index in [1.165, 1.54) is 0 Å². The van der Waals surface area contributed by atoms with Crippen molar-refractivity contribution < 1.29 is 9.53 Å². The molecule has 0 spiro atoms. The van der Waals surface area contributed by atoms with E-state index in [1.54, 1.807) is 0 Å². The Labute approximate surface area is 120 Å². The Kier molecular flexibility index (Phi) is 5.83. The average molecular weight is 277 g/mol. The van der Waals surface area contributed by atoms with Crippen molar-refractivity contribution in [2.24, 2.45) is 5.73 Å². The number of benzene rings is 1. The number of carbonyl (C=O) groups is 1. The SMILES string of the molecule is NCCN1CCC(NC(=O)OCc2ccccc2)CC1. The van der Waals surface area contributed by atoms with Crippen molar-refractivity contribution in [2.75, 3.05) is 26.2 Å². The molecule has 110 valence electrons. The van der Waals surface area contributed by atoms with Crippen molar-refractivity contribution in [3.63, 3.8) is 0 Å². The predicted molar refractivity (Wildman–Crippen MR) is 78.3 cm³/mol. The van der Waals surface area contributed by atoms with E-state index >= 15 is 0 Å². The van der Waals surface area contributed by atoms with Gasteiger partial charge >= 0.3 is 6.09 Å². The second-order valence-electron chi connectivity index (χ2n) is 5.11. The Morgan fingerprint density at radius 1 is 1.30 bits per heavy atom. The molecule has 2 rings (SSSR count). The minimum absolute atomic E-state index is 0.215. The van der Waals surface area contributed by atoms with E-state index in [0.717, 1.165) is 38.0 Å². The summed E-state index contributed by atoms with van der Waals surface area (Å²) in [5.74, 6) is 0. The lowest BCUT2D eigenvalue weighted by Crippen LogP contribution is -2.45. The highest BCUT2D eigenvalue weighted by molar-refractivity contribution is 5.67. The summed E-state index contributed by atoms with van der Waals surface area (Å²) in [6, 6.07) is 9.91. The standard InChI is InChI=1S/C15H23N3O2/c16-8-11-18-9-6-14(7-10-18)17-15(19)20-12-13-4-2-1-3-5-13/h1-5,14H,6-12,16H2,(H,17,19). The van der Waals surface area contributed by atoms with Crippen molar-refractivity contribution in [3.05, 3.63) is 35.9 Å². The predicted octanol–water partition coefficient (Wildman–Crippen LogP) is 1.34. The second kappa shape index (κ2) is 7.87. The van der Waals surface area contributed by atoms with Crippen LogP contribution in [0.25, 0.3) is 0 Å². The van der Waals surface area contributed by atoms with Crippen LogP contribution in [0.15, 0.2) is 30.3 Å². The number of hydrogen-bond acceptors (Lipinski definition) is 4. The van der Waals surface area contributed by atoms with Gasteiger partial charge in [-0.15, -0.1) is 0 Å². The number of piperidine rings is 1. The third kappa shape index (κ3) is 4.83. The van der Waals surface area contributed by atoms with E-state index in [0.29, 0.717) is 13.2 Å². The quantitative estimate of drug-likeness (QED) is 0.852. The van der Waals surface area contributed by atoms with Gasteiger partial charge in [-0.2, -0.15) is 0 Å². The van der Waals surface area contributed by atoms with Crippen molar-refractivity contribution >= 4 is 6.09 Å². The molecule has 0 radical (unpaired) electrons. The number of amides is 1. The van der Waals surface area contributed by atoms with Gasteiger partial charge in [0.1, 0.15) is 6.61 Å². The van der Waals surface area contributed by atoms with Gasteiger partial charge in [0.25, 0.3) is 0 Å². The van der Waals surface area contributed by atoms with Gasteiger partial charge in [0.05, 0.1) is 0 Å². The fourth-order valence-electron chi connectivity index (χ4n) is 2.41. The van der Waals surface area contributed by atoms with Crippen molar-refractivity contribution in [2.45, 2.75) is 25.5 Å². The molecule has 1 aliphatic heterocycles. The lowest BCUT2D eigenvalue weighted by molar-refractivity contribution is 0.127. The molecule has 0 bridgehead atoms. The molecule has 5 nitrogen and oxygen atoms in total. The lowest BCUT2D eigenvalue weighted by Gasteiger charge is -2.31. The van der Waals surface area contributed by atoms with Crippen molar-refractivity contribution in [1.82, 2.24) is 10.2 Å². The summed E-state index contributed by atoms with van der Waals surface area (Å²) in [6.45, 7) is 3.92. The molecule has 0 aromatic heterocycles. The zero-order valence-electron chi connectivity index (χ0n) is 11.8. The summed E-state index contributed by atoms with van der Waals surface area (Å²) in [7, 11) is 0.